The molecule has 0 atom stereocenters. The number of aryl methyl sites for hydroxylation is 3. The van der Waals surface area contributed by atoms with Gasteiger partial charge < -0.3 is 15.1 Å². The Hall–Kier alpha value is -3.78. The second-order valence-electron chi connectivity index (χ2n) is 8.85. The van der Waals surface area contributed by atoms with Crippen molar-refractivity contribution >= 4 is 39.1 Å². The molecule has 178 valence electrons. The molecule has 1 aromatic carbocycles. The van der Waals surface area contributed by atoms with Crippen molar-refractivity contribution < 1.29 is 14.0 Å². The summed E-state index contributed by atoms with van der Waals surface area (Å²) in [5, 5.41) is 6.74. The topological polar surface area (TPSA) is 101 Å². The zero-order chi connectivity index (χ0) is 24.5. The van der Waals surface area contributed by atoms with Gasteiger partial charge in [-0.1, -0.05) is 12.1 Å². The van der Waals surface area contributed by atoms with E-state index >= 15 is 0 Å². The second-order valence-corrected chi connectivity index (χ2v) is 9.95. The summed E-state index contributed by atoms with van der Waals surface area (Å²) in [4.78, 5) is 44.3. The lowest BCUT2D eigenvalue weighted by atomic mass is 9.95. The van der Waals surface area contributed by atoms with Crippen LogP contribution in [0.15, 0.2) is 51.9 Å². The minimum atomic E-state index is -0.552. The fourth-order valence-corrected chi connectivity index (χ4v) is 5.84. The molecule has 5 rings (SSSR count). The van der Waals surface area contributed by atoms with E-state index in [-0.39, 0.29) is 17.1 Å². The Kier molecular flexibility index (Phi) is 6.21. The summed E-state index contributed by atoms with van der Waals surface area (Å²) >= 11 is 1.42. The normalized spacial score (nSPS) is 12.9. The molecular formula is C27H25N3O4S. The van der Waals surface area contributed by atoms with E-state index in [1.54, 1.807) is 18.5 Å². The van der Waals surface area contributed by atoms with Crippen LogP contribution in [-0.2, 0) is 19.4 Å². The molecule has 0 aliphatic heterocycles. The Labute approximate surface area is 206 Å². The van der Waals surface area contributed by atoms with Gasteiger partial charge in [-0.05, 0) is 73.9 Å². The van der Waals surface area contributed by atoms with Crippen LogP contribution in [0.25, 0.3) is 11.0 Å². The van der Waals surface area contributed by atoms with Gasteiger partial charge >= 0.3 is 0 Å². The molecule has 1 aliphatic carbocycles. The van der Waals surface area contributed by atoms with Crippen molar-refractivity contribution in [2.45, 2.75) is 46.1 Å². The van der Waals surface area contributed by atoms with Crippen molar-refractivity contribution in [3.63, 3.8) is 0 Å². The largest absolute Gasteiger partial charge is 0.450 e. The van der Waals surface area contributed by atoms with E-state index in [0.717, 1.165) is 52.8 Å². The molecule has 7 nitrogen and oxygen atoms in total. The number of anilines is 1. The Morgan fingerprint density at radius 1 is 1.11 bits per heavy atom. The van der Waals surface area contributed by atoms with Gasteiger partial charge in [0.2, 0.25) is 0 Å². The molecule has 0 bridgehead atoms. The van der Waals surface area contributed by atoms with Crippen molar-refractivity contribution in [2.75, 3.05) is 5.32 Å². The number of amides is 2. The quantitative estimate of drug-likeness (QED) is 0.416. The Balaban J connectivity index is 1.46. The third kappa shape index (κ3) is 4.61. The number of hydrogen-bond acceptors (Lipinski definition) is 6. The van der Waals surface area contributed by atoms with E-state index in [1.165, 1.54) is 17.4 Å². The lowest BCUT2D eigenvalue weighted by Crippen LogP contribution is -2.25. The lowest BCUT2D eigenvalue weighted by Gasteiger charge is -2.13. The van der Waals surface area contributed by atoms with Crippen LogP contribution < -0.4 is 16.1 Å². The number of carbonyl (C=O) groups is 2. The first-order chi connectivity index (χ1) is 16.9. The van der Waals surface area contributed by atoms with Crippen molar-refractivity contribution in [3.8, 4) is 0 Å². The maximum absolute atomic E-state index is 13.2. The maximum Gasteiger partial charge on any atom is 0.292 e. The number of fused-ring (bicyclic) bond motifs is 2. The van der Waals surface area contributed by atoms with Gasteiger partial charge in [-0.15, -0.1) is 11.3 Å². The number of thiophene rings is 1. The van der Waals surface area contributed by atoms with Crippen molar-refractivity contribution in [1.82, 2.24) is 10.3 Å². The number of nitrogens with zero attached hydrogens (tertiary/aromatic N) is 1. The van der Waals surface area contributed by atoms with E-state index in [0.29, 0.717) is 28.1 Å². The molecule has 0 radical (unpaired) electrons. The summed E-state index contributed by atoms with van der Waals surface area (Å²) < 4.78 is 5.86. The first kappa shape index (κ1) is 23.0. The molecule has 0 fully saturated rings. The third-order valence-electron chi connectivity index (χ3n) is 6.18. The highest BCUT2D eigenvalue weighted by molar-refractivity contribution is 7.17. The molecule has 0 unspecified atom stereocenters. The van der Waals surface area contributed by atoms with Crippen LogP contribution in [0.3, 0.4) is 0 Å². The molecule has 3 heterocycles. The predicted octanol–water partition coefficient (Wildman–Crippen LogP) is 4.93. The van der Waals surface area contributed by atoms with Crippen LogP contribution >= 0.6 is 11.3 Å². The van der Waals surface area contributed by atoms with Crippen LogP contribution in [0.1, 0.15) is 60.9 Å². The van der Waals surface area contributed by atoms with Gasteiger partial charge in [0.1, 0.15) is 10.6 Å². The Morgan fingerprint density at radius 2 is 1.94 bits per heavy atom. The smallest absolute Gasteiger partial charge is 0.292 e. The maximum atomic E-state index is 13.2. The fraction of sp³-hybridized carbons (Fsp3) is 0.259. The number of benzene rings is 1. The van der Waals surface area contributed by atoms with Crippen molar-refractivity contribution in [1.29, 1.82) is 0 Å². The van der Waals surface area contributed by atoms with Gasteiger partial charge in [0.25, 0.3) is 11.8 Å². The van der Waals surface area contributed by atoms with Crippen LogP contribution in [-0.4, -0.2) is 16.8 Å². The molecule has 0 spiro atoms. The molecule has 4 aromatic rings. The minimum absolute atomic E-state index is 0.0810. The number of rotatable bonds is 5. The fourth-order valence-electron chi connectivity index (χ4n) is 4.55. The molecule has 3 aromatic heterocycles. The number of carbonyl (C=O) groups excluding carboxylic acids is 2. The summed E-state index contributed by atoms with van der Waals surface area (Å²) in [5.41, 5.74) is 4.23. The average Bonchev–Trinajstić information content (AvgIpc) is 3.21. The zero-order valence-electron chi connectivity index (χ0n) is 19.6. The van der Waals surface area contributed by atoms with Crippen LogP contribution in [0.2, 0.25) is 0 Å². The first-order valence-corrected chi connectivity index (χ1v) is 12.4. The van der Waals surface area contributed by atoms with E-state index in [4.69, 9.17) is 4.42 Å². The van der Waals surface area contributed by atoms with Crippen molar-refractivity contribution in [3.05, 3.63) is 91.4 Å². The average molecular weight is 488 g/mol. The highest BCUT2D eigenvalue weighted by Crippen LogP contribution is 2.38. The lowest BCUT2D eigenvalue weighted by molar-refractivity contribution is 0.0951. The van der Waals surface area contributed by atoms with Gasteiger partial charge in [0.15, 0.2) is 11.2 Å². The monoisotopic (exact) mass is 487 g/mol. The van der Waals surface area contributed by atoms with Gasteiger partial charge in [-0.25, -0.2) is 0 Å². The molecule has 35 heavy (non-hydrogen) atoms. The molecular weight excluding hydrogens is 462 g/mol. The second kappa shape index (κ2) is 9.46. The highest BCUT2D eigenvalue weighted by atomic mass is 32.1. The Morgan fingerprint density at radius 3 is 2.74 bits per heavy atom. The minimum Gasteiger partial charge on any atom is -0.450 e. The molecule has 1 aliphatic rings. The van der Waals surface area contributed by atoms with Gasteiger partial charge in [-0.2, -0.15) is 0 Å². The van der Waals surface area contributed by atoms with Gasteiger partial charge in [0, 0.05) is 29.9 Å². The number of pyridine rings is 1. The van der Waals surface area contributed by atoms with E-state index < -0.39 is 5.91 Å². The van der Waals surface area contributed by atoms with Gasteiger partial charge in [0.05, 0.1) is 10.9 Å². The third-order valence-corrected chi connectivity index (χ3v) is 7.39. The summed E-state index contributed by atoms with van der Waals surface area (Å²) in [6.45, 7) is 4.09. The van der Waals surface area contributed by atoms with E-state index in [2.05, 4.69) is 15.6 Å². The summed E-state index contributed by atoms with van der Waals surface area (Å²) in [6.07, 6.45) is 7.11. The highest BCUT2D eigenvalue weighted by Gasteiger charge is 2.27. The van der Waals surface area contributed by atoms with Gasteiger partial charge in [-0.3, -0.25) is 19.4 Å². The molecule has 8 heteroatoms. The number of aromatic nitrogens is 1. The van der Waals surface area contributed by atoms with E-state index in [1.807, 2.05) is 32.0 Å². The number of nitrogens with one attached hydrogen (secondary N) is 2. The van der Waals surface area contributed by atoms with Crippen LogP contribution in [0.4, 0.5) is 5.00 Å². The molecule has 2 amide bonds. The Bertz CT molecular complexity index is 1500. The van der Waals surface area contributed by atoms with Crippen LogP contribution in [0, 0.1) is 13.8 Å². The predicted molar refractivity (Wildman–Crippen MR) is 136 cm³/mol. The molecule has 0 saturated carbocycles. The molecule has 0 saturated heterocycles. The summed E-state index contributed by atoms with van der Waals surface area (Å²) in [5.74, 6) is -0.874. The van der Waals surface area contributed by atoms with Crippen LogP contribution in [0.5, 0.6) is 0 Å². The standard InChI is InChI=1S/C27H25N3O4S/c1-15-10-16(2)24-19(11-15)20(31)12-21(34-24)25(32)30-27-23(18-7-3-4-8-22(18)35-27)26(33)29-14-17-6-5-9-28-13-17/h5-6,9-13H,3-4,7-8,14H2,1-2H3,(H,29,33)(H,30,32). The number of hydrogen-bond donors (Lipinski definition) is 2. The summed E-state index contributed by atoms with van der Waals surface area (Å²) in [7, 11) is 0. The van der Waals surface area contributed by atoms with Crippen molar-refractivity contribution in [2.24, 2.45) is 0 Å². The summed E-state index contributed by atoms with van der Waals surface area (Å²) in [6, 6.07) is 8.59. The SMILES string of the molecule is Cc1cc(C)c2oc(C(=O)Nc3sc4c(c3C(=O)NCc3cccnc3)CCCC4)cc(=O)c2c1. The van der Waals surface area contributed by atoms with E-state index in [9.17, 15) is 14.4 Å². The first-order valence-electron chi connectivity index (χ1n) is 11.6. The molecule has 2 N–H and O–H groups in total. The zero-order valence-corrected chi connectivity index (χ0v) is 20.4.